The maximum absolute atomic E-state index is 13.2. The lowest BCUT2D eigenvalue weighted by atomic mass is 9.50. The van der Waals surface area contributed by atoms with E-state index in [2.05, 4.69) is 24.0 Å². The van der Waals surface area contributed by atoms with Gasteiger partial charge >= 0.3 is 17.9 Å². The number of piperidine rings is 1. The normalized spacial score (nSPS) is 25.8. The molecule has 4 aliphatic rings. The summed E-state index contributed by atoms with van der Waals surface area (Å²) in [5.41, 5.74) is -0.295. The van der Waals surface area contributed by atoms with Crippen molar-refractivity contribution in [1.82, 2.24) is 4.90 Å². The van der Waals surface area contributed by atoms with Crippen molar-refractivity contribution in [1.29, 1.82) is 0 Å². The van der Waals surface area contributed by atoms with E-state index in [1.807, 2.05) is 13.1 Å². The number of likely N-dealkylation sites (tertiary alicyclic amines) is 1. The van der Waals surface area contributed by atoms with Gasteiger partial charge in [0, 0.05) is 24.4 Å². The molecule has 1 aromatic carbocycles. The first-order chi connectivity index (χ1) is 24.5. The lowest BCUT2D eigenvalue weighted by Gasteiger charge is -2.61. The molecule has 2 bridgehead atoms. The van der Waals surface area contributed by atoms with Gasteiger partial charge < -0.3 is 34.1 Å². The molecule has 2 heterocycles. The number of ether oxygens (including phenoxy) is 4. The number of phenols is 1. The van der Waals surface area contributed by atoms with Gasteiger partial charge in [0.25, 0.3) is 0 Å². The second kappa shape index (κ2) is 17.4. The maximum Gasteiger partial charge on any atom is 0.352 e. The zero-order valence-corrected chi connectivity index (χ0v) is 31.1. The number of unbranched alkanes of at least 4 members (excludes halogenated alkanes) is 11. The zero-order chi connectivity index (χ0) is 36.6. The first kappa shape index (κ1) is 38.9. The van der Waals surface area contributed by atoms with Crippen molar-refractivity contribution in [2.45, 2.75) is 165 Å². The van der Waals surface area contributed by atoms with Crippen LogP contribution in [-0.4, -0.2) is 76.6 Å². The van der Waals surface area contributed by atoms with E-state index in [1.165, 1.54) is 58.8 Å². The molecule has 10 nitrogen and oxygen atoms in total. The van der Waals surface area contributed by atoms with Crippen LogP contribution in [-0.2, 0) is 40.4 Å². The third-order valence-electron chi connectivity index (χ3n) is 11.5. The van der Waals surface area contributed by atoms with Crippen molar-refractivity contribution in [3.63, 3.8) is 0 Å². The number of benzene rings is 1. The Morgan fingerprint density at radius 1 is 0.941 bits per heavy atom. The van der Waals surface area contributed by atoms with Crippen LogP contribution < -0.4 is 4.74 Å². The summed E-state index contributed by atoms with van der Waals surface area (Å²) >= 11 is 0. The molecule has 0 saturated carbocycles. The van der Waals surface area contributed by atoms with Crippen LogP contribution in [0.15, 0.2) is 36.1 Å². The number of nitrogens with zero attached hydrogens (tertiary/aromatic N) is 1. The molecule has 6 atom stereocenters. The number of aliphatic hydroxyl groups is 1. The molecule has 0 radical (unpaired) electrons. The summed E-state index contributed by atoms with van der Waals surface area (Å²) in [5, 5.41) is 23.0. The summed E-state index contributed by atoms with van der Waals surface area (Å²) in [6.45, 7) is 5.77. The topological polar surface area (TPSA) is 132 Å². The number of esters is 3. The molecule has 1 aromatic rings. The first-order valence-corrected chi connectivity index (χ1v) is 19.4. The van der Waals surface area contributed by atoms with Gasteiger partial charge in [0.05, 0.1) is 11.0 Å². The van der Waals surface area contributed by atoms with Crippen LogP contribution >= 0.6 is 0 Å². The fraction of sp³-hybridized carbons (Fsp3) is 0.683. The van der Waals surface area contributed by atoms with Crippen molar-refractivity contribution < 1.29 is 43.5 Å². The number of aromatic hydroxyl groups is 1. The van der Waals surface area contributed by atoms with Gasteiger partial charge in [-0.15, -0.1) is 0 Å². The van der Waals surface area contributed by atoms with Crippen molar-refractivity contribution in [3.05, 3.63) is 47.2 Å². The molecule has 1 fully saturated rings. The van der Waals surface area contributed by atoms with Gasteiger partial charge in [-0.1, -0.05) is 76.5 Å². The summed E-state index contributed by atoms with van der Waals surface area (Å²) in [6.07, 6.45) is 19.7. The highest BCUT2D eigenvalue weighted by Crippen LogP contribution is 2.65. The number of hydrogen-bond acceptors (Lipinski definition) is 10. The Bertz CT molecular complexity index is 1450. The van der Waals surface area contributed by atoms with Crippen LogP contribution in [0.1, 0.15) is 135 Å². The van der Waals surface area contributed by atoms with Gasteiger partial charge in [-0.3, -0.25) is 4.79 Å². The molecular formula is C41H59NO9. The van der Waals surface area contributed by atoms with Gasteiger partial charge in [-0.05, 0) is 90.1 Å². The zero-order valence-electron chi connectivity index (χ0n) is 31.1. The van der Waals surface area contributed by atoms with Crippen molar-refractivity contribution in [3.8, 4) is 11.5 Å². The average molecular weight is 710 g/mol. The van der Waals surface area contributed by atoms with Gasteiger partial charge in [0.1, 0.15) is 5.76 Å². The van der Waals surface area contributed by atoms with E-state index in [0.717, 1.165) is 43.2 Å². The number of likely N-dealkylation sites (N-methyl/N-ethyl adjacent to an activating group) is 1. The predicted octanol–water partition coefficient (Wildman–Crippen LogP) is 7.11. The summed E-state index contributed by atoms with van der Waals surface area (Å²) in [5.74, 6) is -1.61. The van der Waals surface area contributed by atoms with E-state index >= 15 is 0 Å². The van der Waals surface area contributed by atoms with Gasteiger partial charge in [0.15, 0.2) is 29.8 Å². The molecule has 0 aromatic heterocycles. The highest BCUT2D eigenvalue weighted by Gasteiger charge is 2.72. The first-order valence-electron chi connectivity index (χ1n) is 19.4. The largest absolute Gasteiger partial charge is 0.504 e. The number of carbonyl (C=O) groups is 3. The lowest BCUT2D eigenvalue weighted by molar-refractivity contribution is -0.180. The summed E-state index contributed by atoms with van der Waals surface area (Å²) < 4.78 is 22.8. The molecule has 51 heavy (non-hydrogen) atoms. The van der Waals surface area contributed by atoms with E-state index in [0.29, 0.717) is 31.6 Å². The van der Waals surface area contributed by atoms with Gasteiger partial charge in [-0.2, -0.15) is 0 Å². The second-order valence-corrected chi connectivity index (χ2v) is 15.1. The van der Waals surface area contributed by atoms with Crippen LogP contribution in [0.4, 0.5) is 0 Å². The quantitative estimate of drug-likeness (QED) is 0.0625. The van der Waals surface area contributed by atoms with Crippen LogP contribution in [0.3, 0.4) is 0 Å². The van der Waals surface area contributed by atoms with E-state index in [-0.39, 0.29) is 30.4 Å². The smallest absolute Gasteiger partial charge is 0.352 e. The van der Waals surface area contributed by atoms with Crippen molar-refractivity contribution in [2.24, 2.45) is 0 Å². The Morgan fingerprint density at radius 3 is 2.29 bits per heavy atom. The third kappa shape index (κ3) is 8.32. The fourth-order valence-corrected chi connectivity index (χ4v) is 8.60. The van der Waals surface area contributed by atoms with E-state index in [1.54, 1.807) is 12.1 Å². The highest BCUT2D eigenvalue weighted by molar-refractivity contribution is 5.83. The van der Waals surface area contributed by atoms with Gasteiger partial charge in [-0.25, -0.2) is 9.59 Å². The van der Waals surface area contributed by atoms with Crippen LogP contribution in [0.25, 0.3) is 0 Å². The Kier molecular flexibility index (Phi) is 13.3. The molecule has 2 aliphatic carbocycles. The molecule has 0 unspecified atom stereocenters. The third-order valence-corrected chi connectivity index (χ3v) is 11.5. The molecule has 2 aliphatic heterocycles. The summed E-state index contributed by atoms with van der Waals surface area (Å²) in [4.78, 5) is 40.5. The van der Waals surface area contributed by atoms with E-state index < -0.39 is 47.2 Å². The Hall–Kier alpha value is -3.37. The monoisotopic (exact) mass is 709 g/mol. The number of allylic oxidation sites excluding steroid dienone is 2. The number of phenolic OH excluding ortho intramolecular Hbond substituents is 1. The number of rotatable bonds is 20. The van der Waals surface area contributed by atoms with E-state index in [4.69, 9.17) is 18.9 Å². The lowest BCUT2D eigenvalue weighted by Crippen LogP contribution is -2.74. The van der Waals surface area contributed by atoms with Crippen LogP contribution in [0.5, 0.6) is 11.5 Å². The standard InChI is InChI=1S/C41H59NO9/c1-5-6-7-8-9-10-11-12-13-14-15-16-17-18-19-20-34(44)48-28(2)38(45)49-29(3)39(46)50-32-23-24-41(47)33-27-30-21-22-31(43)36-35(30)40(41,37(32)51-36)25-26-42(33)4/h12-13,21-23,28-29,33,37,43,47H,5-11,14-20,24-27H2,1-4H3/b13-12+/t28-,29-,33+,37-,40-,41+/m0/s1. The summed E-state index contributed by atoms with van der Waals surface area (Å²) in [7, 11) is 2.00. The maximum atomic E-state index is 13.2. The molecule has 2 N–H and O–H groups in total. The minimum absolute atomic E-state index is 0.0222. The molecule has 282 valence electrons. The molecule has 1 spiro atoms. The minimum atomic E-state index is -1.28. The Morgan fingerprint density at radius 2 is 1.59 bits per heavy atom. The minimum Gasteiger partial charge on any atom is -0.504 e. The molecule has 1 saturated heterocycles. The highest BCUT2D eigenvalue weighted by atomic mass is 16.6. The average Bonchev–Trinajstić information content (AvgIpc) is 3.46. The number of carbonyl (C=O) groups excluding carboxylic acids is 3. The second-order valence-electron chi connectivity index (χ2n) is 15.1. The van der Waals surface area contributed by atoms with Crippen LogP contribution in [0, 0.1) is 0 Å². The van der Waals surface area contributed by atoms with Crippen LogP contribution in [0.2, 0.25) is 0 Å². The SMILES string of the molecule is CCCCCCCC/C=C/CCCCCCCC(=O)O[C@@H](C)C(=O)O[C@@H](C)C(=O)OC1=CC[C@@]2(O)[C@H]3Cc4ccc(O)c5c4[C@@]2(CCN3C)[C@H]1O5. The molecule has 0 amide bonds. The number of hydrogen-bond donors (Lipinski definition) is 2. The molecule has 10 heteroatoms. The van der Waals surface area contributed by atoms with Crippen molar-refractivity contribution in [2.75, 3.05) is 13.6 Å². The Balaban J connectivity index is 1.01. The fourth-order valence-electron chi connectivity index (χ4n) is 8.60. The molecular weight excluding hydrogens is 650 g/mol. The van der Waals surface area contributed by atoms with Crippen molar-refractivity contribution >= 4 is 17.9 Å². The summed E-state index contributed by atoms with van der Waals surface area (Å²) in [6, 6.07) is 3.31. The van der Waals surface area contributed by atoms with Gasteiger partial charge in [0.2, 0.25) is 0 Å². The van der Waals surface area contributed by atoms with E-state index in [9.17, 15) is 24.6 Å². The Labute approximate surface area is 303 Å². The molecule has 5 rings (SSSR count). The predicted molar refractivity (Wildman–Crippen MR) is 193 cm³/mol.